The van der Waals surface area contributed by atoms with Crippen molar-refractivity contribution in [3.05, 3.63) is 28.2 Å². The van der Waals surface area contributed by atoms with E-state index in [0.29, 0.717) is 6.04 Å². The van der Waals surface area contributed by atoms with Crippen LogP contribution in [0.1, 0.15) is 12.5 Å². The Labute approximate surface area is 118 Å². The number of anilines is 1. The van der Waals surface area contributed by atoms with Gasteiger partial charge in [0.25, 0.3) is 0 Å². The molecule has 1 heterocycles. The molecule has 0 amide bonds. The van der Waals surface area contributed by atoms with Crippen LogP contribution in [0.5, 0.6) is 0 Å². The van der Waals surface area contributed by atoms with Crippen molar-refractivity contribution in [2.45, 2.75) is 25.9 Å². The molecule has 0 aromatic heterocycles. The predicted octanol–water partition coefficient (Wildman–Crippen LogP) is 2.26. The molecule has 2 rings (SSSR count). The fourth-order valence-electron chi connectivity index (χ4n) is 2.62. The Kier molecular flexibility index (Phi) is 4.30. The van der Waals surface area contributed by atoms with Crippen molar-refractivity contribution in [3.8, 4) is 0 Å². The number of rotatable bonds is 2. The highest BCUT2D eigenvalue weighted by Gasteiger charge is 2.29. The Balaban J connectivity index is 2.23. The lowest BCUT2D eigenvalue weighted by atomic mass is 10.1. The van der Waals surface area contributed by atoms with Crippen molar-refractivity contribution in [1.82, 2.24) is 4.90 Å². The van der Waals surface area contributed by atoms with Gasteiger partial charge in [0.2, 0.25) is 0 Å². The second-order valence-corrected chi connectivity index (χ2v) is 6.10. The van der Waals surface area contributed by atoms with Gasteiger partial charge in [-0.1, -0.05) is 15.9 Å². The topological polar surface area (TPSA) is 26.7 Å². The maximum Gasteiger partial charge on any atom is 0.0604 e. The van der Waals surface area contributed by atoms with Crippen molar-refractivity contribution >= 4 is 21.6 Å². The average molecular weight is 313 g/mol. The molecule has 0 bridgehead atoms. The van der Waals surface area contributed by atoms with Crippen LogP contribution in [0.25, 0.3) is 0 Å². The van der Waals surface area contributed by atoms with Crippen molar-refractivity contribution in [2.75, 3.05) is 31.6 Å². The summed E-state index contributed by atoms with van der Waals surface area (Å²) in [4.78, 5) is 4.65. The minimum atomic E-state index is 0.215. The number of nitrogens with zero attached hydrogens (tertiary/aromatic N) is 2. The minimum absolute atomic E-state index is 0.215. The van der Waals surface area contributed by atoms with Gasteiger partial charge in [0.05, 0.1) is 12.6 Å². The van der Waals surface area contributed by atoms with Crippen LogP contribution < -0.4 is 4.90 Å². The van der Waals surface area contributed by atoms with E-state index in [1.807, 2.05) is 0 Å². The molecule has 0 aliphatic carbocycles. The molecule has 0 spiro atoms. The van der Waals surface area contributed by atoms with Crippen molar-refractivity contribution in [2.24, 2.45) is 0 Å². The number of aliphatic hydroxyl groups is 1. The molecule has 2 unspecified atom stereocenters. The highest BCUT2D eigenvalue weighted by Crippen LogP contribution is 2.27. The minimum Gasteiger partial charge on any atom is -0.395 e. The normalized spacial score (nSPS) is 25.5. The fourth-order valence-corrected chi connectivity index (χ4v) is 3.10. The van der Waals surface area contributed by atoms with Crippen LogP contribution >= 0.6 is 15.9 Å². The maximum absolute atomic E-state index is 9.48. The van der Waals surface area contributed by atoms with Crippen LogP contribution in [0.4, 0.5) is 5.69 Å². The number of piperazine rings is 1. The summed E-state index contributed by atoms with van der Waals surface area (Å²) >= 11 is 3.50. The molecular formula is C14H21BrN2O. The molecule has 4 heteroatoms. The summed E-state index contributed by atoms with van der Waals surface area (Å²) in [7, 11) is 2.09. The Morgan fingerprint density at radius 2 is 2.11 bits per heavy atom. The molecule has 1 fully saturated rings. The van der Waals surface area contributed by atoms with Gasteiger partial charge in [-0.3, -0.25) is 4.90 Å². The summed E-state index contributed by atoms with van der Waals surface area (Å²) < 4.78 is 1.12. The summed E-state index contributed by atoms with van der Waals surface area (Å²) in [6.45, 7) is 6.46. The monoisotopic (exact) mass is 312 g/mol. The lowest BCUT2D eigenvalue weighted by molar-refractivity contribution is 0.0996. The van der Waals surface area contributed by atoms with Gasteiger partial charge in [0.1, 0.15) is 0 Å². The number of likely N-dealkylation sites (N-methyl/N-ethyl adjacent to an activating group) is 1. The summed E-state index contributed by atoms with van der Waals surface area (Å²) in [5.41, 5.74) is 2.55. The van der Waals surface area contributed by atoms with E-state index in [4.69, 9.17) is 0 Å². The van der Waals surface area contributed by atoms with Crippen LogP contribution in [0.2, 0.25) is 0 Å². The molecule has 3 nitrogen and oxygen atoms in total. The van der Waals surface area contributed by atoms with Crippen LogP contribution in [-0.4, -0.2) is 48.8 Å². The number of hydrogen-bond donors (Lipinski definition) is 1. The Bertz CT molecular complexity index is 424. The van der Waals surface area contributed by atoms with E-state index in [-0.39, 0.29) is 12.6 Å². The van der Waals surface area contributed by atoms with E-state index in [0.717, 1.165) is 17.6 Å². The van der Waals surface area contributed by atoms with Gasteiger partial charge in [0, 0.05) is 29.3 Å². The van der Waals surface area contributed by atoms with Gasteiger partial charge in [-0.25, -0.2) is 0 Å². The van der Waals surface area contributed by atoms with Gasteiger partial charge in [-0.2, -0.15) is 0 Å². The predicted molar refractivity (Wildman–Crippen MR) is 79.2 cm³/mol. The lowest BCUT2D eigenvalue weighted by Gasteiger charge is -2.44. The quantitative estimate of drug-likeness (QED) is 0.907. The molecule has 1 aliphatic rings. The van der Waals surface area contributed by atoms with E-state index >= 15 is 0 Å². The summed E-state index contributed by atoms with van der Waals surface area (Å²) in [5, 5.41) is 9.48. The van der Waals surface area contributed by atoms with Crippen LogP contribution in [-0.2, 0) is 0 Å². The molecule has 1 saturated heterocycles. The zero-order chi connectivity index (χ0) is 13.3. The van der Waals surface area contributed by atoms with E-state index < -0.39 is 0 Å². The Morgan fingerprint density at radius 1 is 1.39 bits per heavy atom. The zero-order valence-corrected chi connectivity index (χ0v) is 12.8. The number of hydrogen-bond acceptors (Lipinski definition) is 3. The Hall–Kier alpha value is -0.580. The molecule has 1 aliphatic heterocycles. The average Bonchev–Trinajstić information content (AvgIpc) is 2.32. The van der Waals surface area contributed by atoms with E-state index in [9.17, 15) is 5.11 Å². The van der Waals surface area contributed by atoms with Crippen molar-refractivity contribution in [3.63, 3.8) is 0 Å². The fraction of sp³-hybridized carbons (Fsp3) is 0.571. The molecular weight excluding hydrogens is 292 g/mol. The smallest absolute Gasteiger partial charge is 0.0604 e. The molecule has 1 N–H and O–H groups in total. The maximum atomic E-state index is 9.48. The van der Waals surface area contributed by atoms with Crippen LogP contribution in [0.3, 0.4) is 0 Å². The number of aliphatic hydroxyl groups excluding tert-OH is 1. The highest BCUT2D eigenvalue weighted by atomic mass is 79.9. The first kappa shape index (κ1) is 13.8. The van der Waals surface area contributed by atoms with Gasteiger partial charge in [-0.05, 0) is 44.7 Å². The summed E-state index contributed by atoms with van der Waals surface area (Å²) in [5.74, 6) is 0. The van der Waals surface area contributed by atoms with Crippen LogP contribution in [0, 0.1) is 6.92 Å². The molecule has 18 heavy (non-hydrogen) atoms. The first-order chi connectivity index (χ1) is 8.52. The second-order valence-electron chi connectivity index (χ2n) is 5.19. The first-order valence-electron chi connectivity index (χ1n) is 6.37. The summed E-state index contributed by atoms with van der Waals surface area (Å²) in [6.07, 6.45) is 0. The van der Waals surface area contributed by atoms with Gasteiger partial charge >= 0.3 is 0 Å². The second kappa shape index (κ2) is 5.59. The number of aryl methyl sites for hydroxylation is 1. The number of halogens is 1. The molecule has 100 valence electrons. The Morgan fingerprint density at radius 3 is 2.72 bits per heavy atom. The third-order valence-electron chi connectivity index (χ3n) is 3.90. The first-order valence-corrected chi connectivity index (χ1v) is 7.16. The largest absolute Gasteiger partial charge is 0.395 e. The SMILES string of the molecule is Cc1cc(Br)ccc1N1CC(C)N(C)C(CO)C1. The van der Waals surface area contributed by atoms with E-state index in [1.165, 1.54) is 11.3 Å². The number of benzene rings is 1. The molecule has 0 saturated carbocycles. The molecule has 1 aromatic carbocycles. The third-order valence-corrected chi connectivity index (χ3v) is 4.39. The van der Waals surface area contributed by atoms with Gasteiger partial charge in [0.15, 0.2) is 0 Å². The molecule has 0 radical (unpaired) electrons. The van der Waals surface area contributed by atoms with Crippen molar-refractivity contribution in [1.29, 1.82) is 0 Å². The molecule has 2 atom stereocenters. The standard InChI is InChI=1S/C14H21BrN2O/c1-10-6-12(15)4-5-14(10)17-7-11(2)16(3)13(8-17)9-18/h4-6,11,13,18H,7-9H2,1-3H3. The van der Waals surface area contributed by atoms with Crippen LogP contribution in [0.15, 0.2) is 22.7 Å². The van der Waals surface area contributed by atoms with E-state index in [1.54, 1.807) is 0 Å². The zero-order valence-electron chi connectivity index (χ0n) is 11.2. The van der Waals surface area contributed by atoms with Crippen molar-refractivity contribution < 1.29 is 5.11 Å². The molecule has 1 aromatic rings. The third kappa shape index (κ3) is 2.71. The summed E-state index contributed by atoms with van der Waals surface area (Å²) in [6, 6.07) is 7.06. The van der Waals surface area contributed by atoms with E-state index in [2.05, 4.69) is 64.8 Å². The highest BCUT2D eigenvalue weighted by molar-refractivity contribution is 9.10. The van der Waals surface area contributed by atoms with Gasteiger partial charge in [-0.15, -0.1) is 0 Å². The lowest BCUT2D eigenvalue weighted by Crippen LogP contribution is -2.57. The van der Waals surface area contributed by atoms with Gasteiger partial charge < -0.3 is 10.0 Å².